The Balaban J connectivity index is 1.54. The van der Waals surface area contributed by atoms with Crippen LogP contribution in [0.25, 0.3) is 11.6 Å². The predicted octanol–water partition coefficient (Wildman–Crippen LogP) is 6.52. The molecule has 0 saturated carbocycles. The summed E-state index contributed by atoms with van der Waals surface area (Å²) in [5.74, 6) is 0.927. The number of pyridine rings is 1. The summed E-state index contributed by atoms with van der Waals surface area (Å²) >= 11 is 12.8. The average molecular weight is 495 g/mol. The van der Waals surface area contributed by atoms with Gasteiger partial charge in [0.25, 0.3) is 0 Å². The fourth-order valence-electron chi connectivity index (χ4n) is 4.20. The lowest BCUT2D eigenvalue weighted by atomic mass is 9.93. The van der Waals surface area contributed by atoms with Gasteiger partial charge in [-0.1, -0.05) is 48.3 Å². The van der Waals surface area contributed by atoms with Crippen molar-refractivity contribution in [3.05, 3.63) is 92.7 Å². The number of aryl methyl sites for hydroxylation is 2. The van der Waals surface area contributed by atoms with Crippen LogP contribution in [-0.2, 0) is 17.6 Å². The lowest BCUT2D eigenvalue weighted by Crippen LogP contribution is -2.22. The largest absolute Gasteiger partial charge is 0.489 e. The number of ether oxygens (including phenoxy) is 1. The van der Waals surface area contributed by atoms with Crippen LogP contribution in [0.2, 0.25) is 10.0 Å². The number of fused-ring (bicyclic) bond motifs is 1. The molecule has 1 heterocycles. The number of carbonyl (C=O) groups excluding carboxylic acids is 1. The van der Waals surface area contributed by atoms with Crippen LogP contribution in [0.15, 0.2) is 54.7 Å². The van der Waals surface area contributed by atoms with Crippen molar-refractivity contribution in [1.82, 2.24) is 4.98 Å². The van der Waals surface area contributed by atoms with Gasteiger partial charge in [0.1, 0.15) is 11.9 Å². The lowest BCUT2D eigenvalue weighted by molar-refractivity contribution is -0.113. The summed E-state index contributed by atoms with van der Waals surface area (Å²) in [6.07, 6.45) is 5.79. The van der Waals surface area contributed by atoms with Gasteiger partial charge >= 0.3 is 0 Å². The van der Waals surface area contributed by atoms with Crippen LogP contribution in [0.4, 0.5) is 0 Å². The molecule has 0 amide bonds. The highest BCUT2D eigenvalue weighted by Crippen LogP contribution is 2.38. The molecule has 4 rings (SSSR count). The molecule has 1 aromatic heterocycles. The van der Waals surface area contributed by atoms with E-state index in [9.17, 15) is 4.79 Å². The van der Waals surface area contributed by atoms with Crippen LogP contribution in [0.1, 0.15) is 54.1 Å². The van der Waals surface area contributed by atoms with E-state index in [1.54, 1.807) is 18.2 Å². The summed E-state index contributed by atoms with van der Waals surface area (Å²) in [6, 6.07) is 15.5. The first-order valence-corrected chi connectivity index (χ1v) is 12.2. The highest BCUT2D eigenvalue weighted by atomic mass is 35.5. The molecular weight excluding hydrogens is 467 g/mol. The van der Waals surface area contributed by atoms with Gasteiger partial charge in [0, 0.05) is 36.0 Å². The van der Waals surface area contributed by atoms with Crippen LogP contribution < -0.4 is 10.5 Å². The number of aromatic nitrogens is 1. The average Bonchev–Trinajstić information content (AvgIpc) is 2.94. The number of Topliss-reactive ketones (excluding diaryl/α,β-unsaturated/α-hetero) is 1. The minimum absolute atomic E-state index is 0.00740. The Hall–Kier alpha value is -2.66. The molecule has 1 aliphatic carbocycles. The van der Waals surface area contributed by atoms with Crippen molar-refractivity contribution in [2.45, 2.75) is 45.1 Å². The van der Waals surface area contributed by atoms with Crippen LogP contribution >= 0.6 is 23.2 Å². The normalized spacial score (nSPS) is 16.4. The van der Waals surface area contributed by atoms with Crippen molar-refractivity contribution < 1.29 is 9.53 Å². The molecule has 2 aromatic carbocycles. The maximum absolute atomic E-state index is 13.1. The van der Waals surface area contributed by atoms with E-state index in [0.717, 1.165) is 35.4 Å². The van der Waals surface area contributed by atoms with Crippen molar-refractivity contribution >= 4 is 40.6 Å². The number of rotatable bonds is 7. The monoisotopic (exact) mass is 494 g/mol. The number of carbonyl (C=O) groups is 1. The smallest absolute Gasteiger partial charge is 0.164 e. The maximum atomic E-state index is 13.1. The van der Waals surface area contributed by atoms with E-state index in [0.29, 0.717) is 34.1 Å². The summed E-state index contributed by atoms with van der Waals surface area (Å²) in [5, 5.41) is 0.948. The molecule has 0 radical (unpaired) electrons. The SMILES string of the molecule is CC1CC(=O)C(c2c(Cl)cccc2Cl)=Cc2cnc(CCc3ccc(O[C@H](C)CN)cc3)cc21. The zero-order chi connectivity index (χ0) is 24.2. The maximum Gasteiger partial charge on any atom is 0.164 e. The zero-order valence-corrected chi connectivity index (χ0v) is 20.9. The molecule has 6 heteroatoms. The third kappa shape index (κ3) is 5.52. The first kappa shape index (κ1) is 24.5. The molecule has 3 aromatic rings. The van der Waals surface area contributed by atoms with Gasteiger partial charge in [-0.3, -0.25) is 9.78 Å². The van der Waals surface area contributed by atoms with E-state index in [1.165, 1.54) is 5.56 Å². The molecule has 4 nitrogen and oxygen atoms in total. The Labute approximate surface area is 210 Å². The molecule has 1 aliphatic rings. The second kappa shape index (κ2) is 10.7. The molecule has 2 N–H and O–H groups in total. The Morgan fingerprint density at radius 3 is 2.50 bits per heavy atom. The topological polar surface area (TPSA) is 65.2 Å². The van der Waals surface area contributed by atoms with E-state index in [4.69, 9.17) is 33.7 Å². The lowest BCUT2D eigenvalue weighted by Gasteiger charge is -2.14. The molecule has 34 heavy (non-hydrogen) atoms. The molecular formula is C28H28Cl2N2O2. The van der Waals surface area contributed by atoms with Gasteiger partial charge in [-0.2, -0.15) is 0 Å². The first-order chi connectivity index (χ1) is 16.4. The van der Waals surface area contributed by atoms with Gasteiger partial charge < -0.3 is 10.5 Å². The van der Waals surface area contributed by atoms with Crippen LogP contribution in [0, 0.1) is 0 Å². The quantitative estimate of drug-likeness (QED) is 0.406. The minimum Gasteiger partial charge on any atom is -0.489 e. The number of halogens is 2. The number of hydrogen-bond donors (Lipinski definition) is 1. The van der Waals surface area contributed by atoms with Crippen molar-refractivity contribution in [3.8, 4) is 5.75 Å². The molecule has 0 bridgehead atoms. The number of allylic oxidation sites excluding steroid dienone is 1. The Bertz CT molecular complexity index is 1200. The number of nitrogens with zero attached hydrogens (tertiary/aromatic N) is 1. The van der Waals surface area contributed by atoms with Gasteiger partial charge in [-0.05, 0) is 78.8 Å². The fraction of sp³-hybridized carbons (Fsp3) is 0.286. The van der Waals surface area contributed by atoms with E-state index in [1.807, 2.05) is 31.3 Å². The van der Waals surface area contributed by atoms with Gasteiger partial charge in [-0.25, -0.2) is 0 Å². The standard InChI is InChI=1S/C28H28Cl2N2O2/c1-17-12-27(33)24(28-25(29)4-3-5-26(28)30)13-20-16-32-21(14-23(17)20)9-6-19-7-10-22(11-8-19)34-18(2)15-31/h3-5,7-8,10-11,13-14,16-18H,6,9,12,15,31H2,1-2H3/t17?,18-/m1/s1. The van der Waals surface area contributed by atoms with Crippen molar-refractivity contribution in [3.63, 3.8) is 0 Å². The summed E-state index contributed by atoms with van der Waals surface area (Å²) in [6.45, 7) is 4.51. The summed E-state index contributed by atoms with van der Waals surface area (Å²) in [4.78, 5) is 17.8. The van der Waals surface area contributed by atoms with E-state index in [2.05, 4.69) is 30.1 Å². The summed E-state index contributed by atoms with van der Waals surface area (Å²) in [7, 11) is 0. The Morgan fingerprint density at radius 1 is 1.12 bits per heavy atom. The third-order valence-electron chi connectivity index (χ3n) is 6.14. The first-order valence-electron chi connectivity index (χ1n) is 11.5. The number of nitrogens with two attached hydrogens (primary N) is 1. The van der Waals surface area contributed by atoms with Gasteiger partial charge in [-0.15, -0.1) is 0 Å². The molecule has 0 aliphatic heterocycles. The highest BCUT2D eigenvalue weighted by molar-refractivity contribution is 6.41. The number of benzene rings is 2. The molecule has 2 atom stereocenters. The molecule has 0 fully saturated rings. The minimum atomic E-state index is -0.00740. The van der Waals surface area contributed by atoms with Crippen LogP contribution in [0.3, 0.4) is 0 Å². The highest BCUT2D eigenvalue weighted by Gasteiger charge is 2.25. The fourth-order valence-corrected chi connectivity index (χ4v) is 4.80. The summed E-state index contributed by atoms with van der Waals surface area (Å²) in [5.41, 5.74) is 11.0. The number of hydrogen-bond acceptors (Lipinski definition) is 4. The van der Waals surface area contributed by atoms with Gasteiger partial charge in [0.05, 0.1) is 10.0 Å². The van der Waals surface area contributed by atoms with Crippen LogP contribution in [0.5, 0.6) is 5.75 Å². The van der Waals surface area contributed by atoms with Crippen molar-refractivity contribution in [2.24, 2.45) is 5.73 Å². The van der Waals surface area contributed by atoms with Crippen molar-refractivity contribution in [2.75, 3.05) is 6.54 Å². The Kier molecular flexibility index (Phi) is 7.72. The Morgan fingerprint density at radius 2 is 1.82 bits per heavy atom. The van der Waals surface area contributed by atoms with E-state index < -0.39 is 0 Å². The van der Waals surface area contributed by atoms with E-state index in [-0.39, 0.29) is 17.8 Å². The predicted molar refractivity (Wildman–Crippen MR) is 140 cm³/mol. The molecule has 0 saturated heterocycles. The second-order valence-electron chi connectivity index (χ2n) is 8.80. The second-order valence-corrected chi connectivity index (χ2v) is 9.61. The zero-order valence-electron chi connectivity index (χ0n) is 19.4. The number of ketones is 1. The molecule has 176 valence electrons. The summed E-state index contributed by atoms with van der Waals surface area (Å²) < 4.78 is 5.74. The third-order valence-corrected chi connectivity index (χ3v) is 6.77. The van der Waals surface area contributed by atoms with Gasteiger partial charge in [0.2, 0.25) is 0 Å². The van der Waals surface area contributed by atoms with Gasteiger partial charge in [0.15, 0.2) is 5.78 Å². The van der Waals surface area contributed by atoms with Crippen molar-refractivity contribution in [1.29, 1.82) is 0 Å². The molecule has 0 spiro atoms. The van der Waals surface area contributed by atoms with Crippen LogP contribution in [-0.4, -0.2) is 23.4 Å². The van der Waals surface area contributed by atoms with E-state index >= 15 is 0 Å². The molecule has 1 unspecified atom stereocenters.